The molecule has 0 fully saturated rings. The van der Waals surface area contributed by atoms with Crippen LogP contribution in [0.15, 0.2) is 53.4 Å². The number of hydrogen-bond acceptors (Lipinski definition) is 4. The van der Waals surface area contributed by atoms with Crippen LogP contribution in [0, 0.1) is 0 Å². The number of nitrogens with one attached hydrogen (secondary N) is 1. The van der Waals surface area contributed by atoms with E-state index in [0.29, 0.717) is 0 Å². The van der Waals surface area contributed by atoms with Gasteiger partial charge in [0.25, 0.3) is 0 Å². The molecule has 1 N–H and O–H groups in total. The Bertz CT molecular complexity index is 1070. The van der Waals surface area contributed by atoms with Crippen LogP contribution in [-0.4, -0.2) is 32.0 Å². The van der Waals surface area contributed by atoms with Gasteiger partial charge in [0.15, 0.2) is 9.84 Å². The molecule has 154 valence electrons. The normalized spacial score (nSPS) is 18.7. The van der Waals surface area contributed by atoms with E-state index in [0.717, 1.165) is 23.1 Å². The molecule has 0 aliphatic carbocycles. The summed E-state index contributed by atoms with van der Waals surface area (Å²) in [6.45, 7) is 0.880. The molecule has 0 unspecified atom stereocenters. The average Bonchev–Trinajstić information content (AvgIpc) is 2.71. The number of alkyl halides is 3. The summed E-state index contributed by atoms with van der Waals surface area (Å²) in [7, 11) is -3.76. The van der Waals surface area contributed by atoms with Gasteiger partial charge in [0.2, 0.25) is 11.8 Å². The lowest BCUT2D eigenvalue weighted by molar-refractivity contribution is -0.137. The highest BCUT2D eigenvalue weighted by molar-refractivity contribution is 7.92. The molecule has 1 aliphatic heterocycles. The number of hydrogen-bond donors (Lipinski definition) is 1. The Kier molecular flexibility index (Phi) is 5.40. The van der Waals surface area contributed by atoms with Gasteiger partial charge in [-0.05, 0) is 37.3 Å². The highest BCUT2D eigenvalue weighted by Gasteiger charge is 2.36. The number of fused-ring (bicyclic) bond motifs is 1. The molecular formula is C19H17F3N2O4S. The van der Waals surface area contributed by atoms with Crippen LogP contribution in [0.3, 0.4) is 0 Å². The van der Waals surface area contributed by atoms with Crippen molar-refractivity contribution in [1.82, 2.24) is 0 Å². The highest BCUT2D eigenvalue weighted by atomic mass is 32.2. The van der Waals surface area contributed by atoms with Gasteiger partial charge in [0.1, 0.15) is 6.54 Å². The third-order valence-corrected chi connectivity index (χ3v) is 6.72. The van der Waals surface area contributed by atoms with Crippen LogP contribution in [0.4, 0.5) is 24.5 Å². The molecule has 1 heterocycles. The number of nitrogens with zero attached hydrogens (tertiary/aromatic N) is 1. The molecule has 29 heavy (non-hydrogen) atoms. The summed E-state index contributed by atoms with van der Waals surface area (Å²) in [4.78, 5) is 26.0. The fraction of sp³-hybridized carbons (Fsp3) is 0.263. The van der Waals surface area contributed by atoms with Crippen molar-refractivity contribution < 1.29 is 31.2 Å². The number of para-hydroxylation sites is 1. The minimum absolute atomic E-state index is 0.0646. The average molecular weight is 426 g/mol. The van der Waals surface area contributed by atoms with Gasteiger partial charge in [-0.3, -0.25) is 9.59 Å². The molecule has 0 bridgehead atoms. The summed E-state index contributed by atoms with van der Waals surface area (Å²) in [5.41, 5.74) is -0.936. The van der Waals surface area contributed by atoms with Gasteiger partial charge < -0.3 is 10.2 Å². The van der Waals surface area contributed by atoms with E-state index in [2.05, 4.69) is 5.32 Å². The fourth-order valence-corrected chi connectivity index (χ4v) is 4.56. The zero-order valence-electron chi connectivity index (χ0n) is 15.2. The minimum atomic E-state index is -4.56. The molecule has 1 atom stereocenters. The molecule has 0 spiro atoms. The van der Waals surface area contributed by atoms with E-state index < -0.39 is 45.2 Å². The number of carbonyl (C=O) groups excluding carboxylic acids is 2. The van der Waals surface area contributed by atoms with Crippen molar-refractivity contribution in [2.75, 3.05) is 16.8 Å². The molecular weight excluding hydrogens is 409 g/mol. The van der Waals surface area contributed by atoms with Gasteiger partial charge in [-0.15, -0.1) is 0 Å². The Balaban J connectivity index is 1.87. The van der Waals surface area contributed by atoms with Gasteiger partial charge in [-0.2, -0.15) is 13.2 Å². The second-order valence-corrected chi connectivity index (χ2v) is 8.97. The van der Waals surface area contributed by atoms with Gasteiger partial charge >= 0.3 is 6.18 Å². The van der Waals surface area contributed by atoms with Crippen LogP contribution in [-0.2, 0) is 25.6 Å². The molecule has 2 aromatic carbocycles. The van der Waals surface area contributed by atoms with Gasteiger partial charge in [-0.25, -0.2) is 8.42 Å². The zero-order valence-corrected chi connectivity index (χ0v) is 16.0. The number of anilines is 2. The Morgan fingerprint density at radius 2 is 1.86 bits per heavy atom. The topological polar surface area (TPSA) is 83.6 Å². The van der Waals surface area contributed by atoms with E-state index in [4.69, 9.17) is 0 Å². The molecule has 3 rings (SSSR count). The van der Waals surface area contributed by atoms with E-state index in [9.17, 15) is 31.2 Å². The van der Waals surface area contributed by atoms with Crippen LogP contribution in [0.2, 0.25) is 0 Å². The van der Waals surface area contributed by atoms with E-state index in [1.807, 2.05) is 0 Å². The molecule has 0 saturated carbocycles. The molecule has 10 heteroatoms. The van der Waals surface area contributed by atoms with Crippen LogP contribution in [0.1, 0.15) is 18.9 Å². The van der Waals surface area contributed by atoms with E-state index in [1.165, 1.54) is 37.3 Å². The van der Waals surface area contributed by atoms with Crippen LogP contribution < -0.4 is 10.2 Å². The van der Waals surface area contributed by atoms with Crippen molar-refractivity contribution in [3.05, 3.63) is 54.1 Å². The largest absolute Gasteiger partial charge is 0.416 e. The fourth-order valence-electron chi connectivity index (χ4n) is 3.03. The minimum Gasteiger partial charge on any atom is -0.325 e. The second kappa shape index (κ2) is 7.51. The Morgan fingerprint density at radius 1 is 1.17 bits per heavy atom. The molecule has 2 aromatic rings. The predicted octanol–water partition coefficient (Wildman–Crippen LogP) is 3.24. The molecule has 0 radical (unpaired) electrons. The number of rotatable bonds is 3. The smallest absolute Gasteiger partial charge is 0.325 e. The lowest BCUT2D eigenvalue weighted by atomic mass is 10.2. The standard InChI is InChI=1S/C19H17F3N2O4S/c1-12-9-18(26)24(15-7-2-3-8-16(15)29(12,27)28)11-17(25)23-14-6-4-5-13(10-14)19(20,21)22/h2-8,10,12H,9,11H2,1H3,(H,23,25)/t12-/m1/s1. The van der Waals surface area contributed by atoms with Crippen molar-refractivity contribution in [2.45, 2.75) is 29.7 Å². The zero-order chi connectivity index (χ0) is 21.4. The third-order valence-electron chi connectivity index (χ3n) is 4.53. The quantitative estimate of drug-likeness (QED) is 0.817. The molecule has 0 aromatic heterocycles. The first-order valence-electron chi connectivity index (χ1n) is 8.60. The van der Waals surface area contributed by atoms with Gasteiger partial charge in [0, 0.05) is 12.1 Å². The van der Waals surface area contributed by atoms with Crippen molar-refractivity contribution in [1.29, 1.82) is 0 Å². The third kappa shape index (κ3) is 4.26. The summed E-state index contributed by atoms with van der Waals surface area (Å²) in [6, 6.07) is 9.92. The second-order valence-electron chi connectivity index (χ2n) is 6.63. The maximum atomic E-state index is 12.8. The van der Waals surface area contributed by atoms with E-state index in [1.54, 1.807) is 0 Å². The monoisotopic (exact) mass is 426 g/mol. The first kappa shape index (κ1) is 20.8. The van der Waals surface area contributed by atoms with Crippen molar-refractivity contribution >= 4 is 33.0 Å². The molecule has 1 aliphatic rings. The van der Waals surface area contributed by atoms with Crippen molar-refractivity contribution in [3.63, 3.8) is 0 Å². The number of benzene rings is 2. The van der Waals surface area contributed by atoms with Gasteiger partial charge in [-0.1, -0.05) is 18.2 Å². The van der Waals surface area contributed by atoms with Gasteiger partial charge in [0.05, 0.1) is 21.4 Å². The summed E-state index contributed by atoms with van der Waals surface area (Å²) in [6.07, 6.45) is -4.88. The summed E-state index contributed by atoms with van der Waals surface area (Å²) in [5, 5.41) is 1.36. The predicted molar refractivity (Wildman–Crippen MR) is 100 cm³/mol. The Labute approximate surface area is 165 Å². The number of amides is 2. The van der Waals surface area contributed by atoms with E-state index >= 15 is 0 Å². The molecule has 6 nitrogen and oxygen atoms in total. The number of halogens is 3. The highest BCUT2D eigenvalue weighted by Crippen LogP contribution is 2.33. The van der Waals surface area contributed by atoms with Crippen LogP contribution in [0.25, 0.3) is 0 Å². The number of carbonyl (C=O) groups is 2. The number of sulfone groups is 1. The maximum Gasteiger partial charge on any atom is 0.416 e. The van der Waals surface area contributed by atoms with Crippen molar-refractivity contribution in [2.24, 2.45) is 0 Å². The van der Waals surface area contributed by atoms with Crippen LogP contribution >= 0.6 is 0 Å². The first-order valence-corrected chi connectivity index (χ1v) is 10.1. The Morgan fingerprint density at radius 3 is 2.55 bits per heavy atom. The summed E-state index contributed by atoms with van der Waals surface area (Å²) in [5.74, 6) is -1.32. The van der Waals surface area contributed by atoms with E-state index in [-0.39, 0.29) is 22.7 Å². The summed E-state index contributed by atoms with van der Waals surface area (Å²) < 4.78 is 63.8. The Hall–Kier alpha value is -2.88. The molecule has 0 saturated heterocycles. The SMILES string of the molecule is C[C@@H]1CC(=O)N(CC(=O)Nc2cccc(C(F)(F)F)c2)c2ccccc2S1(=O)=O. The van der Waals surface area contributed by atoms with Crippen molar-refractivity contribution in [3.8, 4) is 0 Å². The lowest BCUT2D eigenvalue weighted by Crippen LogP contribution is -2.38. The lowest BCUT2D eigenvalue weighted by Gasteiger charge is -2.22. The maximum absolute atomic E-state index is 12.8. The molecule has 2 amide bonds. The first-order chi connectivity index (χ1) is 13.5. The summed E-state index contributed by atoms with van der Waals surface area (Å²) >= 11 is 0. The van der Waals surface area contributed by atoms with Crippen LogP contribution in [0.5, 0.6) is 0 Å².